The predicted octanol–water partition coefficient (Wildman–Crippen LogP) is 5.31. The molecule has 0 amide bonds. The van der Waals surface area contributed by atoms with Crippen molar-refractivity contribution in [2.45, 2.75) is 70.9 Å². The number of hydrogen-bond acceptors (Lipinski definition) is 2. The van der Waals surface area contributed by atoms with Gasteiger partial charge >= 0.3 is 162 Å². The Morgan fingerprint density at radius 1 is 1.20 bits per heavy atom. The zero-order valence-corrected chi connectivity index (χ0v) is 18.3. The Balaban J connectivity index is 2.23. The van der Waals surface area contributed by atoms with Gasteiger partial charge in [-0.15, -0.1) is 0 Å². The summed E-state index contributed by atoms with van der Waals surface area (Å²) < 4.78 is 6.57. The van der Waals surface area contributed by atoms with Crippen LogP contribution in [0.15, 0.2) is 29.3 Å². The molecule has 2 nitrogen and oxygen atoms in total. The van der Waals surface area contributed by atoms with Crippen molar-refractivity contribution in [2.75, 3.05) is 13.2 Å². The number of benzene rings is 1. The van der Waals surface area contributed by atoms with E-state index < -0.39 is 0 Å². The molecule has 1 N–H and O–H groups in total. The number of aliphatic hydroxyl groups excluding tert-OH is 1. The summed E-state index contributed by atoms with van der Waals surface area (Å²) in [7, 11) is 0. The summed E-state index contributed by atoms with van der Waals surface area (Å²) in [5, 5.41) is 9.26. The van der Waals surface area contributed by atoms with Gasteiger partial charge in [0.1, 0.15) is 0 Å². The van der Waals surface area contributed by atoms with Crippen molar-refractivity contribution < 1.29 is 9.84 Å². The maximum atomic E-state index is 9.26. The third-order valence-corrected chi connectivity index (χ3v) is 6.64. The summed E-state index contributed by atoms with van der Waals surface area (Å²) in [6, 6.07) is 6.58. The van der Waals surface area contributed by atoms with Crippen LogP contribution < -0.4 is 4.74 Å². The molecule has 1 atom stereocenters. The van der Waals surface area contributed by atoms with Gasteiger partial charge in [0.25, 0.3) is 0 Å². The fraction of sp³-hybridized carbons (Fsp3) is 0.636. The molecule has 0 aromatic heterocycles. The summed E-state index contributed by atoms with van der Waals surface area (Å²) in [5.74, 6) is 1.42. The van der Waals surface area contributed by atoms with E-state index in [1.807, 2.05) is 0 Å². The molecule has 0 aliphatic heterocycles. The van der Waals surface area contributed by atoms with Gasteiger partial charge in [0.05, 0.1) is 0 Å². The van der Waals surface area contributed by atoms with E-state index in [2.05, 4.69) is 69.7 Å². The second-order valence-corrected chi connectivity index (χ2v) is 9.61. The zero-order valence-electron chi connectivity index (χ0n) is 16.4. The summed E-state index contributed by atoms with van der Waals surface area (Å²) in [5.41, 5.74) is 5.75. The molecule has 138 valence electrons. The molecule has 3 heteroatoms. The van der Waals surface area contributed by atoms with Crippen LogP contribution in [-0.2, 0) is 0 Å². The summed E-state index contributed by atoms with van der Waals surface area (Å²) >= 11 is 2.68. The van der Waals surface area contributed by atoms with E-state index in [0.717, 1.165) is 12.2 Å². The molecule has 0 spiro atoms. The van der Waals surface area contributed by atoms with Crippen molar-refractivity contribution in [1.29, 1.82) is 0 Å². The molecule has 2 rings (SSSR count). The number of aliphatic hydroxyl groups is 1. The normalized spacial score (nSPS) is 18.6. The van der Waals surface area contributed by atoms with Gasteiger partial charge in [-0.1, -0.05) is 0 Å². The van der Waals surface area contributed by atoms with Gasteiger partial charge in [0.15, 0.2) is 0 Å². The quantitative estimate of drug-likeness (QED) is 0.493. The fourth-order valence-electron chi connectivity index (χ4n) is 3.69. The molecular weight excluding hydrogens is 371 g/mol. The third kappa shape index (κ3) is 5.38. The molecule has 0 saturated heterocycles. The number of hydrogen-bond donors (Lipinski definition) is 1. The number of ether oxygens (including phenoxy) is 1. The monoisotopic (exact) mass is 404 g/mol. The SMILES string of the molecule is CC1=C(COc2cc(C(C)C)cc([C@@H]([As])CCO)c2)C(C)(C)CCC1. The van der Waals surface area contributed by atoms with Crippen LogP contribution in [-0.4, -0.2) is 35.2 Å². The molecule has 0 saturated carbocycles. The molecule has 1 aromatic carbocycles. The Morgan fingerprint density at radius 2 is 1.88 bits per heavy atom. The Kier molecular flexibility index (Phi) is 7.23. The van der Waals surface area contributed by atoms with Gasteiger partial charge in [-0.05, 0) is 0 Å². The van der Waals surface area contributed by atoms with Gasteiger partial charge in [0, 0.05) is 0 Å². The molecule has 2 radical (unpaired) electrons. The van der Waals surface area contributed by atoms with Gasteiger partial charge < -0.3 is 0 Å². The molecule has 0 unspecified atom stereocenters. The van der Waals surface area contributed by atoms with Crippen LogP contribution in [0.25, 0.3) is 0 Å². The molecule has 25 heavy (non-hydrogen) atoms. The van der Waals surface area contributed by atoms with E-state index >= 15 is 0 Å². The number of allylic oxidation sites excluding steroid dienone is 1. The Labute approximate surface area is 162 Å². The van der Waals surface area contributed by atoms with Gasteiger partial charge in [-0.3, -0.25) is 0 Å². The van der Waals surface area contributed by atoms with Crippen molar-refractivity contribution in [3.63, 3.8) is 0 Å². The topological polar surface area (TPSA) is 29.5 Å². The first kappa shape index (κ1) is 20.6. The maximum absolute atomic E-state index is 9.26. The van der Waals surface area contributed by atoms with Gasteiger partial charge in [-0.25, -0.2) is 0 Å². The molecule has 0 bridgehead atoms. The van der Waals surface area contributed by atoms with Gasteiger partial charge in [0.2, 0.25) is 0 Å². The zero-order chi connectivity index (χ0) is 18.6. The average Bonchev–Trinajstić information content (AvgIpc) is 2.53. The second kappa shape index (κ2) is 8.78. The first-order valence-electron chi connectivity index (χ1n) is 9.50. The fourth-order valence-corrected chi connectivity index (χ4v) is 4.25. The predicted molar refractivity (Wildman–Crippen MR) is 107 cm³/mol. The molecule has 1 aliphatic rings. The molecule has 0 heterocycles. The summed E-state index contributed by atoms with van der Waals surface area (Å²) in [6.45, 7) is 12.3. The van der Waals surface area contributed by atoms with Crippen LogP contribution in [0.2, 0.25) is 0 Å². The first-order chi connectivity index (χ1) is 11.7. The number of rotatable bonds is 7. The minimum absolute atomic E-state index is 0.210. The second-order valence-electron chi connectivity index (χ2n) is 8.30. The summed E-state index contributed by atoms with van der Waals surface area (Å²) in [4.78, 5) is 0. The summed E-state index contributed by atoms with van der Waals surface area (Å²) in [6.07, 6.45) is 4.49. The van der Waals surface area contributed by atoms with E-state index in [4.69, 9.17) is 4.74 Å². The van der Waals surface area contributed by atoms with Crippen molar-refractivity contribution in [3.8, 4) is 5.75 Å². The average molecular weight is 404 g/mol. The van der Waals surface area contributed by atoms with E-state index in [0.29, 0.717) is 12.5 Å². The molecule has 1 aromatic rings. The third-order valence-electron chi connectivity index (χ3n) is 5.47. The van der Waals surface area contributed by atoms with E-state index in [1.54, 1.807) is 0 Å². The van der Waals surface area contributed by atoms with Crippen LogP contribution in [0.5, 0.6) is 5.75 Å². The van der Waals surface area contributed by atoms with Crippen LogP contribution in [0, 0.1) is 5.41 Å². The Hall–Kier alpha value is -0.722. The van der Waals surface area contributed by atoms with Crippen molar-refractivity contribution in [3.05, 3.63) is 40.5 Å². The molecule has 0 fully saturated rings. The Morgan fingerprint density at radius 3 is 2.48 bits per heavy atom. The van der Waals surface area contributed by atoms with Crippen molar-refractivity contribution >= 4 is 16.9 Å². The molecular formula is C22H33AsO2. The van der Waals surface area contributed by atoms with E-state index in [1.165, 1.54) is 41.5 Å². The van der Waals surface area contributed by atoms with Crippen molar-refractivity contribution in [1.82, 2.24) is 0 Å². The van der Waals surface area contributed by atoms with Gasteiger partial charge in [-0.2, -0.15) is 0 Å². The molecule has 1 aliphatic carbocycles. The standard InChI is InChI=1S/C22H33AsO2/c1-15(2)17-11-18(21(23)8-10-24)13-19(12-17)25-14-20-16(3)7-6-9-22(20,4)5/h11-13,15,21,24H,6-10,14H2,1-5H3/t21-/m0/s1. The van der Waals surface area contributed by atoms with Crippen molar-refractivity contribution in [2.24, 2.45) is 5.41 Å². The first-order valence-corrected chi connectivity index (χ1v) is 10.6. The van der Waals surface area contributed by atoms with E-state index in [9.17, 15) is 5.11 Å². The van der Waals surface area contributed by atoms with Crippen LogP contribution >= 0.6 is 0 Å². The Bertz CT molecular complexity index is 616. The minimum atomic E-state index is 0.210. The van der Waals surface area contributed by atoms with E-state index in [-0.39, 0.29) is 16.7 Å². The van der Waals surface area contributed by atoms with Crippen LogP contribution in [0.3, 0.4) is 0 Å². The van der Waals surface area contributed by atoms with Crippen LogP contribution in [0.4, 0.5) is 0 Å². The van der Waals surface area contributed by atoms with Crippen LogP contribution in [0.1, 0.15) is 82.1 Å².